The van der Waals surface area contributed by atoms with Gasteiger partial charge in [0.05, 0.1) is 11.7 Å². The Balaban J connectivity index is 3.25. The van der Waals surface area contributed by atoms with Crippen LogP contribution in [0.1, 0.15) is 18.6 Å². The highest BCUT2D eigenvalue weighted by atomic mass is 19.4. The fourth-order valence-electron chi connectivity index (χ4n) is 1.50. The van der Waals surface area contributed by atoms with E-state index in [0.717, 1.165) is 0 Å². The largest absolute Gasteiger partial charge is 0.414 e. The minimum atomic E-state index is -5.18. The smallest absolute Gasteiger partial charge is 0.388 e. The van der Waals surface area contributed by atoms with Crippen LogP contribution in [0.15, 0.2) is 0 Å². The predicted molar refractivity (Wildman–Crippen MR) is 50.3 cm³/mol. The number of aliphatic hydroxyl groups excluding tert-OH is 2. The maximum absolute atomic E-state index is 13.2. The van der Waals surface area contributed by atoms with E-state index in [2.05, 4.69) is 4.98 Å². The van der Waals surface area contributed by atoms with Crippen molar-refractivity contribution >= 4 is 0 Å². The summed E-state index contributed by atoms with van der Waals surface area (Å²) in [4.78, 5) is 2.19. The molecule has 0 aliphatic rings. The highest BCUT2D eigenvalue weighted by Gasteiger charge is 2.45. The number of hydrogen-bond acceptors (Lipinski definition) is 3. The van der Waals surface area contributed by atoms with Gasteiger partial charge in [0.1, 0.15) is 0 Å². The Morgan fingerprint density at radius 1 is 0.950 bits per heavy atom. The molecule has 0 spiro atoms. The standard InChI is InChI=1S/C10H8F7NO2/c1-2(7(20)10(15,16)17)6(19)3-4(11)8(13)18-9(14)5(3)12/h2,6-7,19-20H,1H3. The van der Waals surface area contributed by atoms with E-state index >= 15 is 0 Å². The second kappa shape index (κ2) is 5.52. The Bertz CT molecular complexity index is 479. The molecule has 114 valence electrons. The Hall–Kier alpha value is -1.42. The third-order valence-electron chi connectivity index (χ3n) is 2.66. The average molecular weight is 307 g/mol. The highest BCUT2D eigenvalue weighted by Crippen LogP contribution is 2.35. The van der Waals surface area contributed by atoms with Crippen molar-refractivity contribution < 1.29 is 40.9 Å². The lowest BCUT2D eigenvalue weighted by atomic mass is 9.92. The van der Waals surface area contributed by atoms with Crippen LogP contribution < -0.4 is 0 Å². The van der Waals surface area contributed by atoms with Crippen LogP contribution in [0.3, 0.4) is 0 Å². The third kappa shape index (κ3) is 3.01. The number of aliphatic hydroxyl groups is 2. The van der Waals surface area contributed by atoms with E-state index in [0.29, 0.717) is 6.92 Å². The van der Waals surface area contributed by atoms with Gasteiger partial charge in [0, 0.05) is 5.92 Å². The van der Waals surface area contributed by atoms with Crippen molar-refractivity contribution in [3.63, 3.8) is 0 Å². The second-order valence-electron chi connectivity index (χ2n) is 4.03. The molecule has 3 atom stereocenters. The fraction of sp³-hybridized carbons (Fsp3) is 0.500. The minimum absolute atomic E-state index is 0.609. The van der Waals surface area contributed by atoms with Crippen LogP contribution in [0.2, 0.25) is 0 Å². The van der Waals surface area contributed by atoms with Crippen LogP contribution in [0.4, 0.5) is 30.7 Å². The van der Waals surface area contributed by atoms with Crippen LogP contribution in [0.5, 0.6) is 0 Å². The molecule has 0 aliphatic heterocycles. The summed E-state index contributed by atoms with van der Waals surface area (Å²) >= 11 is 0. The Labute approximate surface area is 107 Å². The van der Waals surface area contributed by atoms with E-state index in [1.165, 1.54) is 0 Å². The molecule has 1 aromatic heterocycles. The van der Waals surface area contributed by atoms with Gasteiger partial charge in [0.15, 0.2) is 17.7 Å². The molecule has 3 unspecified atom stereocenters. The van der Waals surface area contributed by atoms with E-state index in [-0.39, 0.29) is 0 Å². The number of halogens is 7. The molecule has 0 fully saturated rings. The molecule has 20 heavy (non-hydrogen) atoms. The summed E-state index contributed by atoms with van der Waals surface area (Å²) in [5.41, 5.74) is -1.66. The molecule has 0 bridgehead atoms. The maximum Gasteiger partial charge on any atom is 0.414 e. The van der Waals surface area contributed by atoms with Crippen LogP contribution in [-0.4, -0.2) is 27.5 Å². The highest BCUT2D eigenvalue weighted by molar-refractivity contribution is 5.21. The first-order valence-electron chi connectivity index (χ1n) is 5.11. The van der Waals surface area contributed by atoms with Crippen molar-refractivity contribution in [3.05, 3.63) is 29.1 Å². The lowest BCUT2D eigenvalue weighted by Gasteiger charge is -2.26. The first-order chi connectivity index (χ1) is 8.98. The molecule has 1 rings (SSSR count). The van der Waals surface area contributed by atoms with Crippen molar-refractivity contribution in [2.45, 2.75) is 25.3 Å². The SMILES string of the molecule is CC(C(O)c1c(F)c(F)nc(F)c1F)C(O)C(F)(F)F. The van der Waals surface area contributed by atoms with Gasteiger partial charge in [-0.15, -0.1) is 0 Å². The van der Waals surface area contributed by atoms with Crippen LogP contribution in [0.25, 0.3) is 0 Å². The van der Waals surface area contributed by atoms with Gasteiger partial charge in [-0.2, -0.15) is 26.9 Å². The van der Waals surface area contributed by atoms with Gasteiger partial charge in [-0.1, -0.05) is 6.92 Å². The third-order valence-corrected chi connectivity index (χ3v) is 2.66. The van der Waals surface area contributed by atoms with Crippen molar-refractivity contribution in [2.24, 2.45) is 5.92 Å². The number of nitrogens with zero attached hydrogens (tertiary/aromatic N) is 1. The number of hydrogen-bond donors (Lipinski definition) is 2. The number of rotatable bonds is 3. The minimum Gasteiger partial charge on any atom is -0.388 e. The van der Waals surface area contributed by atoms with Crippen molar-refractivity contribution in [2.75, 3.05) is 0 Å². The first-order valence-corrected chi connectivity index (χ1v) is 5.11. The molecule has 0 saturated carbocycles. The second-order valence-corrected chi connectivity index (χ2v) is 4.03. The van der Waals surface area contributed by atoms with E-state index in [4.69, 9.17) is 5.11 Å². The summed E-state index contributed by atoms with van der Waals surface area (Å²) in [6.07, 6.45) is -11.0. The van der Waals surface area contributed by atoms with E-state index in [9.17, 15) is 35.8 Å². The fourth-order valence-corrected chi connectivity index (χ4v) is 1.50. The average Bonchev–Trinajstić information content (AvgIpc) is 2.33. The topological polar surface area (TPSA) is 53.4 Å². The van der Waals surface area contributed by atoms with Gasteiger partial charge in [-0.25, -0.2) is 8.78 Å². The molecular formula is C10H8F7NO2. The Morgan fingerprint density at radius 3 is 1.70 bits per heavy atom. The van der Waals surface area contributed by atoms with Crippen LogP contribution in [-0.2, 0) is 0 Å². The Kier molecular flexibility index (Phi) is 4.59. The van der Waals surface area contributed by atoms with Gasteiger partial charge in [0.2, 0.25) is 0 Å². The summed E-state index contributed by atoms with van der Waals surface area (Å²) in [6, 6.07) is 0. The summed E-state index contributed by atoms with van der Waals surface area (Å²) in [5, 5.41) is 18.3. The lowest BCUT2D eigenvalue weighted by molar-refractivity contribution is -0.227. The molecule has 0 radical (unpaired) electrons. The van der Waals surface area contributed by atoms with Crippen molar-refractivity contribution in [1.82, 2.24) is 4.98 Å². The summed E-state index contributed by atoms with van der Waals surface area (Å²) < 4.78 is 88.8. The normalized spacial score (nSPS) is 16.9. The maximum atomic E-state index is 13.2. The molecule has 0 saturated heterocycles. The molecule has 3 nitrogen and oxygen atoms in total. The molecule has 1 heterocycles. The molecule has 0 amide bonds. The van der Waals surface area contributed by atoms with E-state index in [1.54, 1.807) is 0 Å². The Morgan fingerprint density at radius 2 is 1.35 bits per heavy atom. The van der Waals surface area contributed by atoms with Gasteiger partial charge >= 0.3 is 6.18 Å². The monoisotopic (exact) mass is 307 g/mol. The zero-order chi connectivity index (χ0) is 15.8. The number of pyridine rings is 1. The van der Waals surface area contributed by atoms with Crippen molar-refractivity contribution in [3.8, 4) is 0 Å². The van der Waals surface area contributed by atoms with Crippen molar-refractivity contribution in [1.29, 1.82) is 0 Å². The molecule has 1 aromatic rings. The lowest BCUT2D eigenvalue weighted by Crippen LogP contribution is -2.38. The van der Waals surface area contributed by atoms with Gasteiger partial charge in [0.25, 0.3) is 11.9 Å². The quantitative estimate of drug-likeness (QED) is 0.665. The molecule has 0 aliphatic carbocycles. The number of alkyl halides is 3. The zero-order valence-electron chi connectivity index (χ0n) is 9.72. The molecule has 0 aromatic carbocycles. The van der Waals surface area contributed by atoms with Crippen LogP contribution >= 0.6 is 0 Å². The number of aromatic nitrogens is 1. The summed E-state index contributed by atoms with van der Waals surface area (Å²) in [5.74, 6) is -10.7. The predicted octanol–water partition coefficient (Wildman–Crippen LogP) is 2.23. The van der Waals surface area contributed by atoms with Gasteiger partial charge in [-0.3, -0.25) is 0 Å². The first kappa shape index (κ1) is 16.6. The summed E-state index contributed by atoms with van der Waals surface area (Å²) in [7, 11) is 0. The van der Waals surface area contributed by atoms with Gasteiger partial charge < -0.3 is 10.2 Å². The van der Waals surface area contributed by atoms with E-state index < -0.39 is 53.4 Å². The molecule has 10 heteroatoms. The van der Waals surface area contributed by atoms with E-state index in [1.807, 2.05) is 0 Å². The molecular weight excluding hydrogens is 299 g/mol. The zero-order valence-corrected chi connectivity index (χ0v) is 9.72. The summed E-state index contributed by atoms with van der Waals surface area (Å²) in [6.45, 7) is 0.609. The van der Waals surface area contributed by atoms with Gasteiger partial charge in [-0.05, 0) is 0 Å². The molecule has 2 N–H and O–H groups in total. The van der Waals surface area contributed by atoms with Crippen LogP contribution in [0, 0.1) is 29.4 Å².